The van der Waals surface area contributed by atoms with E-state index in [1.165, 1.54) is 17.0 Å². The number of amides is 3. The number of carbonyl (C=O) groups excluding carboxylic acids is 2. The number of carboxylic acid groups (broad SMARTS) is 1. The van der Waals surface area contributed by atoms with Crippen LogP contribution in [0, 0.1) is 0 Å². The summed E-state index contributed by atoms with van der Waals surface area (Å²) in [6, 6.07) is 5.47. The summed E-state index contributed by atoms with van der Waals surface area (Å²) in [7, 11) is 0. The number of hydrogen-bond acceptors (Lipinski definition) is 3. The first kappa shape index (κ1) is 14.8. The fraction of sp³-hybridized carbons (Fsp3) is 0.357. The zero-order valence-corrected chi connectivity index (χ0v) is 11.6. The molecule has 7 heteroatoms. The van der Waals surface area contributed by atoms with Gasteiger partial charge in [-0.25, -0.2) is 9.59 Å². The third-order valence-corrected chi connectivity index (χ3v) is 3.40. The molecule has 0 bridgehead atoms. The molecule has 112 valence electrons. The highest BCUT2D eigenvalue weighted by atomic mass is 16.4. The van der Waals surface area contributed by atoms with Gasteiger partial charge in [-0.15, -0.1) is 0 Å². The largest absolute Gasteiger partial charge is 0.478 e. The van der Waals surface area contributed by atoms with Crippen LogP contribution < -0.4 is 10.6 Å². The molecule has 7 nitrogen and oxygen atoms in total. The van der Waals surface area contributed by atoms with Crippen LogP contribution in [0.15, 0.2) is 24.3 Å². The van der Waals surface area contributed by atoms with Crippen molar-refractivity contribution in [1.29, 1.82) is 0 Å². The Kier molecular flexibility index (Phi) is 4.42. The van der Waals surface area contributed by atoms with Gasteiger partial charge in [0, 0.05) is 19.6 Å². The van der Waals surface area contributed by atoms with Crippen LogP contribution in [-0.2, 0) is 11.3 Å². The summed E-state index contributed by atoms with van der Waals surface area (Å²) in [6.45, 7) is 2.87. The standard InChI is InChI=1S/C14H17N3O4/c1-9-12(18)15-6-7-17(9)14(21)16-8-10-2-4-11(5-3-10)13(19)20/h2-5,9H,6-8H2,1H3,(H,15,18)(H,16,21)(H,19,20). The van der Waals surface area contributed by atoms with E-state index in [-0.39, 0.29) is 24.0 Å². The second-order valence-electron chi connectivity index (χ2n) is 4.82. The Morgan fingerprint density at radius 3 is 2.67 bits per heavy atom. The lowest BCUT2D eigenvalue weighted by molar-refractivity contribution is -0.126. The van der Waals surface area contributed by atoms with E-state index in [2.05, 4.69) is 10.6 Å². The second-order valence-corrected chi connectivity index (χ2v) is 4.82. The normalized spacial score (nSPS) is 18.0. The minimum atomic E-state index is -0.987. The average molecular weight is 291 g/mol. The number of urea groups is 1. The third-order valence-electron chi connectivity index (χ3n) is 3.40. The van der Waals surface area contributed by atoms with E-state index in [9.17, 15) is 14.4 Å². The Morgan fingerprint density at radius 2 is 2.05 bits per heavy atom. The van der Waals surface area contributed by atoms with Gasteiger partial charge in [0.25, 0.3) is 0 Å². The van der Waals surface area contributed by atoms with Gasteiger partial charge in [-0.05, 0) is 24.6 Å². The lowest BCUT2D eigenvalue weighted by Crippen LogP contribution is -2.58. The van der Waals surface area contributed by atoms with Crippen LogP contribution in [0.3, 0.4) is 0 Å². The minimum absolute atomic E-state index is 0.165. The van der Waals surface area contributed by atoms with E-state index >= 15 is 0 Å². The van der Waals surface area contributed by atoms with E-state index in [0.717, 1.165) is 5.56 Å². The first-order valence-electron chi connectivity index (χ1n) is 6.63. The lowest BCUT2D eigenvalue weighted by atomic mass is 10.1. The molecule has 3 N–H and O–H groups in total. The maximum absolute atomic E-state index is 12.0. The Hall–Kier alpha value is -2.57. The van der Waals surface area contributed by atoms with Gasteiger partial charge in [-0.2, -0.15) is 0 Å². The molecule has 0 aliphatic carbocycles. The van der Waals surface area contributed by atoms with Crippen molar-refractivity contribution in [2.75, 3.05) is 13.1 Å². The number of carbonyl (C=O) groups is 3. The molecule has 1 aromatic carbocycles. The summed E-state index contributed by atoms with van der Waals surface area (Å²) in [5, 5.41) is 14.2. The van der Waals surface area contributed by atoms with Crippen LogP contribution >= 0.6 is 0 Å². The number of nitrogens with zero attached hydrogens (tertiary/aromatic N) is 1. The molecule has 3 amide bonds. The van der Waals surface area contributed by atoms with E-state index in [1.807, 2.05) is 0 Å². The number of rotatable bonds is 3. The molecular formula is C14H17N3O4. The molecule has 21 heavy (non-hydrogen) atoms. The predicted molar refractivity (Wildman–Crippen MR) is 74.8 cm³/mol. The van der Waals surface area contributed by atoms with Crippen LogP contribution in [0.1, 0.15) is 22.8 Å². The molecule has 2 rings (SSSR count). The first-order valence-corrected chi connectivity index (χ1v) is 6.63. The Morgan fingerprint density at radius 1 is 1.38 bits per heavy atom. The molecule has 0 aromatic heterocycles. The molecule has 1 saturated heterocycles. The van der Waals surface area contributed by atoms with Crippen molar-refractivity contribution in [2.24, 2.45) is 0 Å². The molecule has 0 spiro atoms. The zero-order valence-electron chi connectivity index (χ0n) is 11.6. The maximum atomic E-state index is 12.0. The van der Waals surface area contributed by atoms with Gasteiger partial charge in [0.05, 0.1) is 5.56 Å². The van der Waals surface area contributed by atoms with E-state index in [4.69, 9.17) is 5.11 Å². The van der Waals surface area contributed by atoms with Crippen LogP contribution in [0.5, 0.6) is 0 Å². The molecule has 0 saturated carbocycles. The second kappa shape index (κ2) is 6.25. The first-order chi connectivity index (χ1) is 9.99. The highest BCUT2D eigenvalue weighted by molar-refractivity contribution is 5.88. The van der Waals surface area contributed by atoms with E-state index < -0.39 is 12.0 Å². The van der Waals surface area contributed by atoms with Crippen LogP contribution in [0.4, 0.5) is 4.79 Å². The van der Waals surface area contributed by atoms with E-state index in [1.54, 1.807) is 19.1 Å². The minimum Gasteiger partial charge on any atom is -0.478 e. The quantitative estimate of drug-likeness (QED) is 0.751. The molecule has 1 heterocycles. The summed E-state index contributed by atoms with van der Waals surface area (Å²) >= 11 is 0. The number of carboxylic acids is 1. The van der Waals surface area contributed by atoms with Gasteiger partial charge in [-0.1, -0.05) is 12.1 Å². The van der Waals surface area contributed by atoms with Crippen molar-refractivity contribution >= 4 is 17.9 Å². The summed E-state index contributed by atoms with van der Waals surface area (Å²) in [5.74, 6) is -1.15. The van der Waals surface area contributed by atoms with Crippen molar-refractivity contribution in [3.63, 3.8) is 0 Å². The Balaban J connectivity index is 1.91. The Bertz CT molecular complexity index is 556. The zero-order chi connectivity index (χ0) is 15.4. The topological polar surface area (TPSA) is 98.7 Å². The molecule has 1 aromatic rings. The number of piperazine rings is 1. The van der Waals surface area contributed by atoms with Crippen molar-refractivity contribution in [3.05, 3.63) is 35.4 Å². The molecule has 1 fully saturated rings. The molecular weight excluding hydrogens is 274 g/mol. The fourth-order valence-corrected chi connectivity index (χ4v) is 2.10. The van der Waals surface area contributed by atoms with Gasteiger partial charge >= 0.3 is 12.0 Å². The van der Waals surface area contributed by atoms with E-state index in [0.29, 0.717) is 13.1 Å². The highest BCUT2D eigenvalue weighted by Gasteiger charge is 2.28. The lowest BCUT2D eigenvalue weighted by Gasteiger charge is -2.32. The van der Waals surface area contributed by atoms with Gasteiger partial charge in [0.2, 0.25) is 5.91 Å². The highest BCUT2D eigenvalue weighted by Crippen LogP contribution is 2.07. The van der Waals surface area contributed by atoms with Crippen molar-refractivity contribution in [1.82, 2.24) is 15.5 Å². The summed E-state index contributed by atoms with van der Waals surface area (Å²) < 4.78 is 0. The van der Waals surface area contributed by atoms with Crippen LogP contribution in [0.2, 0.25) is 0 Å². The van der Waals surface area contributed by atoms with Gasteiger partial charge in [-0.3, -0.25) is 4.79 Å². The number of benzene rings is 1. The summed E-state index contributed by atoms with van der Waals surface area (Å²) in [4.78, 5) is 35.8. The van der Waals surface area contributed by atoms with Gasteiger partial charge < -0.3 is 20.6 Å². The average Bonchev–Trinajstić information content (AvgIpc) is 2.48. The monoisotopic (exact) mass is 291 g/mol. The summed E-state index contributed by atoms with van der Waals surface area (Å²) in [5.41, 5.74) is 0.994. The van der Waals surface area contributed by atoms with Gasteiger partial charge in [0.15, 0.2) is 0 Å². The third kappa shape index (κ3) is 3.50. The number of aromatic carboxylic acids is 1. The number of nitrogens with one attached hydrogen (secondary N) is 2. The Labute approximate surface area is 121 Å². The maximum Gasteiger partial charge on any atom is 0.335 e. The van der Waals surface area contributed by atoms with Crippen LogP contribution in [-0.4, -0.2) is 47.0 Å². The van der Waals surface area contributed by atoms with Crippen LogP contribution in [0.25, 0.3) is 0 Å². The predicted octanol–water partition coefficient (Wildman–Crippen LogP) is 0.415. The summed E-state index contributed by atoms with van der Waals surface area (Å²) in [6.07, 6.45) is 0. The number of hydrogen-bond donors (Lipinski definition) is 3. The fourth-order valence-electron chi connectivity index (χ4n) is 2.10. The van der Waals surface area contributed by atoms with Crippen molar-refractivity contribution in [3.8, 4) is 0 Å². The SMILES string of the molecule is CC1C(=O)NCCN1C(=O)NCc1ccc(C(=O)O)cc1. The van der Waals surface area contributed by atoms with Crippen molar-refractivity contribution < 1.29 is 19.5 Å². The molecule has 1 unspecified atom stereocenters. The van der Waals surface area contributed by atoms with Crippen molar-refractivity contribution in [2.45, 2.75) is 19.5 Å². The molecule has 1 aliphatic heterocycles. The molecule has 0 radical (unpaired) electrons. The van der Waals surface area contributed by atoms with Gasteiger partial charge in [0.1, 0.15) is 6.04 Å². The smallest absolute Gasteiger partial charge is 0.335 e. The molecule has 1 aliphatic rings. The molecule has 1 atom stereocenters.